The molecule has 17 heavy (non-hydrogen) atoms. The van der Waals surface area contributed by atoms with Crippen molar-refractivity contribution in [3.05, 3.63) is 29.3 Å². The lowest BCUT2D eigenvalue weighted by atomic mass is 9.95. The number of benzene rings is 1. The first-order valence-corrected chi connectivity index (χ1v) is 6.14. The minimum atomic E-state index is 0.359. The van der Waals surface area contributed by atoms with E-state index in [0.717, 1.165) is 18.7 Å². The molecule has 0 aliphatic heterocycles. The molecular weight excluding hydrogens is 212 g/mol. The Balaban J connectivity index is 2.85. The number of hydrogen-bond acceptors (Lipinski definition) is 3. The first-order chi connectivity index (χ1) is 8.12. The van der Waals surface area contributed by atoms with Gasteiger partial charge in [0.2, 0.25) is 0 Å². The lowest BCUT2D eigenvalue weighted by Gasteiger charge is -2.21. The van der Waals surface area contributed by atoms with Gasteiger partial charge in [0.05, 0.1) is 7.11 Å². The summed E-state index contributed by atoms with van der Waals surface area (Å²) in [6.07, 6.45) is 1.05. The van der Waals surface area contributed by atoms with Gasteiger partial charge in [0.25, 0.3) is 0 Å². The van der Waals surface area contributed by atoms with Gasteiger partial charge in [0.15, 0.2) is 0 Å². The molecule has 96 valence electrons. The van der Waals surface area contributed by atoms with Crippen LogP contribution in [0.15, 0.2) is 18.2 Å². The summed E-state index contributed by atoms with van der Waals surface area (Å²) in [6.45, 7) is 4.98. The Kier molecular flexibility index (Phi) is 5.45. The molecular formula is C14H24N2O. The van der Waals surface area contributed by atoms with Crippen LogP contribution in [0.25, 0.3) is 0 Å². The van der Waals surface area contributed by atoms with E-state index in [2.05, 4.69) is 31.3 Å². The minimum absolute atomic E-state index is 0.359. The van der Waals surface area contributed by atoms with Crippen molar-refractivity contribution < 1.29 is 4.74 Å². The molecule has 0 aliphatic carbocycles. The van der Waals surface area contributed by atoms with E-state index in [-0.39, 0.29) is 0 Å². The van der Waals surface area contributed by atoms with E-state index in [9.17, 15) is 0 Å². The molecule has 1 rings (SSSR count). The average molecular weight is 236 g/mol. The van der Waals surface area contributed by atoms with E-state index in [1.54, 1.807) is 7.11 Å². The summed E-state index contributed by atoms with van der Waals surface area (Å²) in [5, 5.41) is 3.35. The zero-order valence-corrected chi connectivity index (χ0v) is 11.3. The van der Waals surface area contributed by atoms with E-state index in [1.807, 2.05) is 13.1 Å². The third-order valence-electron chi connectivity index (χ3n) is 3.21. The summed E-state index contributed by atoms with van der Waals surface area (Å²) in [6, 6.07) is 6.69. The molecule has 0 saturated carbocycles. The van der Waals surface area contributed by atoms with Crippen molar-refractivity contribution in [1.82, 2.24) is 5.32 Å². The molecule has 0 amide bonds. The quantitative estimate of drug-likeness (QED) is 0.796. The van der Waals surface area contributed by atoms with Gasteiger partial charge in [-0.2, -0.15) is 0 Å². The van der Waals surface area contributed by atoms with Crippen molar-refractivity contribution in [2.24, 2.45) is 11.7 Å². The van der Waals surface area contributed by atoms with Crippen LogP contribution in [0.3, 0.4) is 0 Å². The average Bonchev–Trinajstić information content (AvgIpc) is 2.35. The molecule has 0 spiro atoms. The fourth-order valence-corrected chi connectivity index (χ4v) is 2.04. The van der Waals surface area contributed by atoms with Gasteiger partial charge in [0, 0.05) is 6.04 Å². The molecule has 0 fully saturated rings. The van der Waals surface area contributed by atoms with Crippen LogP contribution in [0.1, 0.15) is 30.5 Å². The molecule has 3 nitrogen and oxygen atoms in total. The van der Waals surface area contributed by atoms with Crippen LogP contribution in [-0.2, 0) is 0 Å². The molecule has 0 bridgehead atoms. The maximum Gasteiger partial charge on any atom is 0.121 e. The largest absolute Gasteiger partial charge is 0.496 e. The highest BCUT2D eigenvalue weighted by Crippen LogP contribution is 2.25. The van der Waals surface area contributed by atoms with Crippen molar-refractivity contribution in [2.45, 2.75) is 26.3 Å². The van der Waals surface area contributed by atoms with Gasteiger partial charge in [-0.3, -0.25) is 0 Å². The maximum atomic E-state index is 5.68. The third-order valence-corrected chi connectivity index (χ3v) is 3.21. The van der Waals surface area contributed by atoms with Crippen molar-refractivity contribution in [1.29, 1.82) is 0 Å². The zero-order valence-electron chi connectivity index (χ0n) is 11.3. The molecule has 3 N–H and O–H groups in total. The van der Waals surface area contributed by atoms with Gasteiger partial charge in [-0.15, -0.1) is 0 Å². The minimum Gasteiger partial charge on any atom is -0.496 e. The fourth-order valence-electron chi connectivity index (χ4n) is 2.04. The van der Waals surface area contributed by atoms with Crippen LogP contribution >= 0.6 is 0 Å². The summed E-state index contributed by atoms with van der Waals surface area (Å²) in [4.78, 5) is 0. The van der Waals surface area contributed by atoms with Gasteiger partial charge in [-0.25, -0.2) is 0 Å². The second kappa shape index (κ2) is 6.62. The Morgan fingerprint density at radius 2 is 2.12 bits per heavy atom. The van der Waals surface area contributed by atoms with Crippen LogP contribution in [0.4, 0.5) is 0 Å². The second-order valence-electron chi connectivity index (χ2n) is 4.65. The first kappa shape index (κ1) is 14.0. The summed E-state index contributed by atoms with van der Waals surface area (Å²) in [5.41, 5.74) is 8.15. The first-order valence-electron chi connectivity index (χ1n) is 6.14. The van der Waals surface area contributed by atoms with Crippen LogP contribution in [0, 0.1) is 12.8 Å². The van der Waals surface area contributed by atoms with Gasteiger partial charge in [-0.1, -0.05) is 19.1 Å². The van der Waals surface area contributed by atoms with Crippen LogP contribution in [0.5, 0.6) is 5.75 Å². The normalized spacial score (nSPS) is 14.4. The van der Waals surface area contributed by atoms with Crippen molar-refractivity contribution in [3.8, 4) is 5.75 Å². The Labute approximate surface area is 104 Å². The molecule has 0 heterocycles. The number of ether oxygens (including phenoxy) is 1. The van der Waals surface area contributed by atoms with Crippen LogP contribution in [0.2, 0.25) is 0 Å². The molecule has 3 heteroatoms. The van der Waals surface area contributed by atoms with E-state index in [0.29, 0.717) is 12.0 Å². The number of rotatable bonds is 6. The molecule has 0 aliphatic rings. The van der Waals surface area contributed by atoms with Crippen molar-refractivity contribution in [3.63, 3.8) is 0 Å². The number of aryl methyl sites for hydroxylation is 1. The van der Waals surface area contributed by atoms with E-state index >= 15 is 0 Å². The SMILES string of the molecule is CNC(CC(C)CN)c1ccc(OC)c(C)c1. The maximum absolute atomic E-state index is 5.68. The Morgan fingerprint density at radius 1 is 1.41 bits per heavy atom. The van der Waals surface area contributed by atoms with E-state index in [4.69, 9.17) is 10.5 Å². The molecule has 2 atom stereocenters. The van der Waals surface area contributed by atoms with Gasteiger partial charge in [-0.05, 0) is 50.0 Å². The van der Waals surface area contributed by atoms with E-state index in [1.165, 1.54) is 11.1 Å². The summed E-state index contributed by atoms with van der Waals surface area (Å²) in [5.74, 6) is 1.46. The summed E-state index contributed by atoms with van der Waals surface area (Å²) < 4.78 is 5.28. The standard InChI is InChI=1S/C14H24N2O/c1-10(9-15)7-13(16-3)12-5-6-14(17-4)11(2)8-12/h5-6,8,10,13,16H,7,9,15H2,1-4H3. The van der Waals surface area contributed by atoms with Gasteiger partial charge >= 0.3 is 0 Å². The molecule has 0 radical (unpaired) electrons. The van der Waals surface area contributed by atoms with Crippen LogP contribution < -0.4 is 15.8 Å². The third kappa shape index (κ3) is 3.72. The van der Waals surface area contributed by atoms with Gasteiger partial charge < -0.3 is 15.8 Å². The Hall–Kier alpha value is -1.06. The number of hydrogen-bond donors (Lipinski definition) is 2. The topological polar surface area (TPSA) is 47.3 Å². The second-order valence-corrected chi connectivity index (χ2v) is 4.65. The predicted molar refractivity (Wildman–Crippen MR) is 72.4 cm³/mol. The Bertz CT molecular complexity index is 352. The van der Waals surface area contributed by atoms with Crippen molar-refractivity contribution >= 4 is 0 Å². The van der Waals surface area contributed by atoms with E-state index < -0.39 is 0 Å². The number of methoxy groups -OCH3 is 1. The Morgan fingerprint density at radius 3 is 2.59 bits per heavy atom. The summed E-state index contributed by atoms with van der Waals surface area (Å²) >= 11 is 0. The lowest BCUT2D eigenvalue weighted by Crippen LogP contribution is -2.22. The highest BCUT2D eigenvalue weighted by atomic mass is 16.5. The lowest BCUT2D eigenvalue weighted by molar-refractivity contribution is 0.409. The smallest absolute Gasteiger partial charge is 0.121 e. The summed E-state index contributed by atoms with van der Waals surface area (Å²) in [7, 11) is 3.70. The predicted octanol–water partition coefficient (Wildman–Crippen LogP) is 2.25. The highest BCUT2D eigenvalue weighted by molar-refractivity contribution is 5.37. The van der Waals surface area contributed by atoms with Crippen LogP contribution in [-0.4, -0.2) is 20.7 Å². The monoisotopic (exact) mass is 236 g/mol. The molecule has 0 saturated heterocycles. The molecule has 2 unspecified atom stereocenters. The molecule has 0 aromatic heterocycles. The molecule has 1 aromatic rings. The van der Waals surface area contributed by atoms with Crippen molar-refractivity contribution in [2.75, 3.05) is 20.7 Å². The fraction of sp³-hybridized carbons (Fsp3) is 0.571. The molecule has 1 aromatic carbocycles. The highest BCUT2D eigenvalue weighted by Gasteiger charge is 2.13. The number of nitrogens with one attached hydrogen (secondary N) is 1. The zero-order chi connectivity index (χ0) is 12.8. The number of nitrogens with two attached hydrogens (primary N) is 1. The van der Waals surface area contributed by atoms with Gasteiger partial charge in [0.1, 0.15) is 5.75 Å².